The first-order chi connectivity index (χ1) is 6.90. The number of aliphatic hydroxyl groups excluding tert-OH is 1. The van der Waals surface area contributed by atoms with E-state index in [1.165, 1.54) is 24.1 Å². The molecule has 78 valence electrons. The topological polar surface area (TPSA) is 32.3 Å². The first-order valence-electron chi connectivity index (χ1n) is 5.27. The van der Waals surface area contributed by atoms with Crippen molar-refractivity contribution in [2.24, 2.45) is 5.92 Å². The highest BCUT2D eigenvalue weighted by atomic mass is 32.1. The Morgan fingerprint density at radius 2 is 2.43 bits per heavy atom. The molecule has 1 fully saturated rings. The van der Waals surface area contributed by atoms with E-state index in [0.29, 0.717) is 18.6 Å². The Kier molecular flexibility index (Phi) is 3.56. The molecular weight excluding hydrogens is 194 g/mol. The second kappa shape index (κ2) is 4.91. The zero-order valence-corrected chi connectivity index (χ0v) is 9.09. The van der Waals surface area contributed by atoms with Crippen molar-refractivity contribution in [1.82, 2.24) is 5.32 Å². The Bertz CT molecular complexity index is 260. The molecule has 3 heteroatoms. The fourth-order valence-corrected chi connectivity index (χ4v) is 2.82. The normalized spacial score (nSPS) is 26.9. The van der Waals surface area contributed by atoms with Gasteiger partial charge in [0.2, 0.25) is 0 Å². The Labute approximate surface area is 89.0 Å². The maximum atomic E-state index is 9.16. The zero-order valence-electron chi connectivity index (χ0n) is 8.28. The van der Waals surface area contributed by atoms with E-state index >= 15 is 0 Å². The minimum Gasteiger partial charge on any atom is -0.396 e. The number of hydrogen-bond donors (Lipinski definition) is 2. The van der Waals surface area contributed by atoms with Gasteiger partial charge in [-0.25, -0.2) is 0 Å². The summed E-state index contributed by atoms with van der Waals surface area (Å²) in [6, 6.07) is 4.77. The molecule has 1 heterocycles. The summed E-state index contributed by atoms with van der Waals surface area (Å²) in [5.41, 5.74) is 0. The lowest BCUT2D eigenvalue weighted by Gasteiger charge is -2.18. The van der Waals surface area contributed by atoms with Crippen molar-refractivity contribution < 1.29 is 5.11 Å². The predicted molar refractivity (Wildman–Crippen MR) is 59.4 cm³/mol. The van der Waals surface area contributed by atoms with Crippen LogP contribution in [0.25, 0.3) is 0 Å². The van der Waals surface area contributed by atoms with Gasteiger partial charge in [-0.2, -0.15) is 0 Å². The first-order valence-corrected chi connectivity index (χ1v) is 6.14. The molecule has 0 bridgehead atoms. The highest BCUT2D eigenvalue weighted by Crippen LogP contribution is 2.25. The molecule has 0 radical (unpaired) electrons. The van der Waals surface area contributed by atoms with Crippen LogP contribution in [0.5, 0.6) is 0 Å². The summed E-state index contributed by atoms with van der Waals surface area (Å²) < 4.78 is 0. The summed E-state index contributed by atoms with van der Waals surface area (Å²) in [6.07, 6.45) is 3.66. The summed E-state index contributed by atoms with van der Waals surface area (Å²) in [4.78, 5) is 1.38. The van der Waals surface area contributed by atoms with Crippen molar-refractivity contribution in [2.75, 3.05) is 6.61 Å². The van der Waals surface area contributed by atoms with Gasteiger partial charge in [0.05, 0.1) is 0 Å². The van der Waals surface area contributed by atoms with Gasteiger partial charge < -0.3 is 10.4 Å². The van der Waals surface area contributed by atoms with Gasteiger partial charge in [0.25, 0.3) is 0 Å². The highest BCUT2D eigenvalue weighted by molar-refractivity contribution is 7.09. The minimum atomic E-state index is 0.335. The zero-order chi connectivity index (χ0) is 9.80. The molecule has 0 spiro atoms. The average molecular weight is 211 g/mol. The standard InChI is InChI=1S/C11H17NOS/c13-8-9-3-1-5-11(9)12-7-10-4-2-6-14-10/h2,4,6,9,11-13H,1,3,5,7-8H2. The molecule has 2 atom stereocenters. The van der Waals surface area contributed by atoms with Gasteiger partial charge in [-0.3, -0.25) is 0 Å². The van der Waals surface area contributed by atoms with Crippen LogP contribution < -0.4 is 5.32 Å². The third kappa shape index (κ3) is 2.35. The number of nitrogens with one attached hydrogen (secondary N) is 1. The second-order valence-electron chi connectivity index (χ2n) is 3.94. The Hall–Kier alpha value is -0.380. The highest BCUT2D eigenvalue weighted by Gasteiger charge is 2.25. The summed E-state index contributed by atoms with van der Waals surface area (Å²) in [7, 11) is 0. The van der Waals surface area contributed by atoms with Crippen molar-refractivity contribution in [3.05, 3.63) is 22.4 Å². The van der Waals surface area contributed by atoms with Crippen LogP contribution >= 0.6 is 11.3 Å². The van der Waals surface area contributed by atoms with Crippen LogP contribution in [0.15, 0.2) is 17.5 Å². The Morgan fingerprint density at radius 3 is 3.14 bits per heavy atom. The molecule has 1 saturated carbocycles. The maximum absolute atomic E-state index is 9.16. The van der Waals surface area contributed by atoms with E-state index in [1.54, 1.807) is 11.3 Å². The molecule has 1 aliphatic rings. The van der Waals surface area contributed by atoms with Gasteiger partial charge in [0, 0.05) is 24.1 Å². The monoisotopic (exact) mass is 211 g/mol. The third-order valence-electron chi connectivity index (χ3n) is 3.01. The Balaban J connectivity index is 1.80. The van der Waals surface area contributed by atoms with Crippen LogP contribution in [0.1, 0.15) is 24.1 Å². The van der Waals surface area contributed by atoms with E-state index in [2.05, 4.69) is 22.8 Å². The van der Waals surface area contributed by atoms with Crippen molar-refractivity contribution in [3.8, 4) is 0 Å². The van der Waals surface area contributed by atoms with E-state index in [9.17, 15) is 0 Å². The quantitative estimate of drug-likeness (QED) is 0.798. The fraction of sp³-hybridized carbons (Fsp3) is 0.636. The molecule has 0 amide bonds. The Morgan fingerprint density at radius 1 is 1.50 bits per heavy atom. The second-order valence-corrected chi connectivity index (χ2v) is 4.97. The van der Waals surface area contributed by atoms with E-state index < -0.39 is 0 Å². The first kappa shape index (κ1) is 10.1. The molecule has 2 rings (SSSR count). The predicted octanol–water partition coefficient (Wildman–Crippen LogP) is 2.00. The molecule has 0 saturated heterocycles. The molecule has 2 unspecified atom stereocenters. The van der Waals surface area contributed by atoms with Gasteiger partial charge in [-0.05, 0) is 30.2 Å². The molecule has 2 N–H and O–H groups in total. The molecule has 2 nitrogen and oxygen atoms in total. The number of hydrogen-bond acceptors (Lipinski definition) is 3. The van der Waals surface area contributed by atoms with E-state index in [0.717, 1.165) is 6.54 Å². The van der Waals surface area contributed by atoms with Gasteiger partial charge in [-0.15, -0.1) is 11.3 Å². The fourth-order valence-electron chi connectivity index (χ4n) is 2.17. The van der Waals surface area contributed by atoms with Crippen LogP contribution in [-0.4, -0.2) is 17.8 Å². The SMILES string of the molecule is OCC1CCCC1NCc1cccs1. The summed E-state index contributed by atoms with van der Waals surface area (Å²) in [5, 5.41) is 14.8. The van der Waals surface area contributed by atoms with Gasteiger partial charge in [0.15, 0.2) is 0 Å². The number of rotatable bonds is 4. The van der Waals surface area contributed by atoms with Crippen LogP contribution in [0, 0.1) is 5.92 Å². The van der Waals surface area contributed by atoms with Crippen LogP contribution in [0.2, 0.25) is 0 Å². The summed E-state index contributed by atoms with van der Waals surface area (Å²) in [5.74, 6) is 0.481. The van der Waals surface area contributed by atoms with Crippen molar-refractivity contribution >= 4 is 11.3 Å². The van der Waals surface area contributed by atoms with Gasteiger partial charge in [-0.1, -0.05) is 12.5 Å². The van der Waals surface area contributed by atoms with Crippen molar-refractivity contribution in [2.45, 2.75) is 31.8 Å². The van der Waals surface area contributed by atoms with E-state index in [1.807, 2.05) is 0 Å². The van der Waals surface area contributed by atoms with Crippen molar-refractivity contribution in [3.63, 3.8) is 0 Å². The molecule has 0 aliphatic heterocycles. The lowest BCUT2D eigenvalue weighted by atomic mass is 10.1. The number of aliphatic hydroxyl groups is 1. The van der Waals surface area contributed by atoms with Crippen LogP contribution in [0.3, 0.4) is 0 Å². The molecule has 1 aromatic rings. The van der Waals surface area contributed by atoms with Gasteiger partial charge in [0.1, 0.15) is 0 Å². The molecule has 0 aromatic carbocycles. The van der Waals surface area contributed by atoms with Crippen LogP contribution in [0.4, 0.5) is 0 Å². The van der Waals surface area contributed by atoms with E-state index in [-0.39, 0.29) is 0 Å². The maximum Gasteiger partial charge on any atom is 0.0474 e. The lowest BCUT2D eigenvalue weighted by Crippen LogP contribution is -2.33. The van der Waals surface area contributed by atoms with Crippen LogP contribution in [-0.2, 0) is 6.54 Å². The summed E-state index contributed by atoms with van der Waals surface area (Å²) >= 11 is 1.79. The average Bonchev–Trinajstić information content (AvgIpc) is 2.85. The van der Waals surface area contributed by atoms with Gasteiger partial charge >= 0.3 is 0 Å². The molecule has 1 aliphatic carbocycles. The van der Waals surface area contributed by atoms with E-state index in [4.69, 9.17) is 5.11 Å². The lowest BCUT2D eigenvalue weighted by molar-refractivity contribution is 0.205. The largest absolute Gasteiger partial charge is 0.396 e. The smallest absolute Gasteiger partial charge is 0.0474 e. The number of thiophene rings is 1. The minimum absolute atomic E-state index is 0.335. The van der Waals surface area contributed by atoms with Crippen molar-refractivity contribution in [1.29, 1.82) is 0 Å². The molecular formula is C11H17NOS. The molecule has 14 heavy (non-hydrogen) atoms. The third-order valence-corrected chi connectivity index (χ3v) is 3.89. The summed E-state index contributed by atoms with van der Waals surface area (Å²) in [6.45, 7) is 1.29. The molecule has 1 aromatic heterocycles.